The van der Waals surface area contributed by atoms with Crippen molar-refractivity contribution in [3.63, 3.8) is 0 Å². The van der Waals surface area contributed by atoms with Gasteiger partial charge in [-0.15, -0.1) is 0 Å². The van der Waals surface area contributed by atoms with Crippen molar-refractivity contribution in [3.8, 4) is 5.69 Å². The largest absolute Gasteiger partial charge is 1.00 e. The summed E-state index contributed by atoms with van der Waals surface area (Å²) in [5, 5.41) is 3.68. The lowest BCUT2D eigenvalue weighted by Crippen LogP contribution is -3.00. The molecule has 6 rings (SSSR count). The van der Waals surface area contributed by atoms with Crippen LogP contribution in [0.25, 0.3) is 50.5 Å². The molecule has 0 unspecified atom stereocenters. The number of hydrogen-bond donors (Lipinski definition) is 0. The van der Waals surface area contributed by atoms with Crippen molar-refractivity contribution < 1.29 is 28.5 Å². The second-order valence-electron chi connectivity index (χ2n) is 8.11. The van der Waals surface area contributed by atoms with Crippen LogP contribution in [0.1, 0.15) is 11.3 Å². The minimum absolute atomic E-state index is 0. The highest BCUT2D eigenvalue weighted by Gasteiger charge is 2.11. The van der Waals surface area contributed by atoms with E-state index in [2.05, 4.69) is 108 Å². The van der Waals surface area contributed by atoms with Crippen molar-refractivity contribution in [2.24, 2.45) is 7.05 Å². The smallest absolute Gasteiger partial charge is 0.169 e. The zero-order valence-electron chi connectivity index (χ0n) is 18.2. The fourth-order valence-electron chi connectivity index (χ4n) is 4.37. The number of para-hydroxylation sites is 2. The van der Waals surface area contributed by atoms with Gasteiger partial charge in [0.2, 0.25) is 0 Å². The molecular weight excluding hydrogens is 517 g/mol. The Balaban J connectivity index is 0.00000228. The highest BCUT2D eigenvalue weighted by Crippen LogP contribution is 2.32. The molecule has 3 aromatic heterocycles. The summed E-state index contributed by atoms with van der Waals surface area (Å²) in [5.41, 5.74) is 6.70. The molecule has 4 heteroatoms. The number of hydrogen-bond acceptors (Lipinski definition) is 1. The first-order chi connectivity index (χ1) is 15.8. The number of halogens is 1. The van der Waals surface area contributed by atoms with Crippen molar-refractivity contribution >= 4 is 44.9 Å². The van der Waals surface area contributed by atoms with E-state index in [1.54, 1.807) is 0 Å². The standard InChI is InChI=1S/C29H22N3.HI/c1-31-18-16-21(17-19-31)10-12-23-13-11-22-20-24(14-15-27(22)30-23)32-28-8-4-2-6-25(28)26-7-3-5-9-29(26)32;/h2-20H,1H3;1H/q+1;/p-1. The van der Waals surface area contributed by atoms with E-state index in [1.807, 2.05) is 24.0 Å². The molecule has 0 aliphatic rings. The minimum Gasteiger partial charge on any atom is -1.00 e. The second-order valence-corrected chi connectivity index (χ2v) is 8.11. The molecule has 3 nitrogen and oxygen atoms in total. The van der Waals surface area contributed by atoms with Crippen LogP contribution in [0.5, 0.6) is 0 Å². The molecule has 0 amide bonds. The first-order valence-electron chi connectivity index (χ1n) is 10.8. The van der Waals surface area contributed by atoms with Crippen LogP contribution < -0.4 is 28.5 Å². The molecule has 0 aliphatic heterocycles. The van der Waals surface area contributed by atoms with Gasteiger partial charge >= 0.3 is 0 Å². The maximum Gasteiger partial charge on any atom is 0.169 e. The van der Waals surface area contributed by atoms with Crippen molar-refractivity contribution in [2.45, 2.75) is 0 Å². The molecule has 0 aliphatic carbocycles. The molecule has 0 bridgehead atoms. The lowest BCUT2D eigenvalue weighted by Gasteiger charge is -2.09. The Labute approximate surface area is 209 Å². The van der Waals surface area contributed by atoms with Crippen molar-refractivity contribution in [2.75, 3.05) is 0 Å². The van der Waals surface area contributed by atoms with Crippen molar-refractivity contribution in [1.82, 2.24) is 9.55 Å². The normalized spacial score (nSPS) is 11.4. The molecule has 0 spiro atoms. The Hall–Kier alpha value is -3.51. The molecule has 3 heterocycles. The summed E-state index contributed by atoms with van der Waals surface area (Å²) in [5.74, 6) is 0. The third-order valence-electron chi connectivity index (χ3n) is 5.98. The van der Waals surface area contributed by atoms with E-state index in [9.17, 15) is 0 Å². The first kappa shape index (κ1) is 21.3. The molecule has 0 N–H and O–H groups in total. The maximum absolute atomic E-state index is 4.85. The van der Waals surface area contributed by atoms with Gasteiger partial charge in [-0.2, -0.15) is 0 Å². The van der Waals surface area contributed by atoms with Gasteiger partial charge in [-0.3, -0.25) is 0 Å². The van der Waals surface area contributed by atoms with E-state index < -0.39 is 0 Å². The Morgan fingerprint density at radius 1 is 0.727 bits per heavy atom. The van der Waals surface area contributed by atoms with Gasteiger partial charge in [0.1, 0.15) is 7.05 Å². The lowest BCUT2D eigenvalue weighted by atomic mass is 10.1. The van der Waals surface area contributed by atoms with E-state index in [4.69, 9.17) is 4.98 Å². The maximum atomic E-state index is 4.85. The third-order valence-corrected chi connectivity index (χ3v) is 5.98. The van der Waals surface area contributed by atoms with Gasteiger partial charge in [-0.25, -0.2) is 9.55 Å². The molecule has 0 saturated carbocycles. The quantitative estimate of drug-likeness (QED) is 0.250. The summed E-state index contributed by atoms with van der Waals surface area (Å²) in [6, 6.07) is 32.1. The predicted molar refractivity (Wildman–Crippen MR) is 133 cm³/mol. The van der Waals surface area contributed by atoms with Gasteiger partial charge in [0.15, 0.2) is 12.4 Å². The summed E-state index contributed by atoms with van der Waals surface area (Å²) >= 11 is 0. The van der Waals surface area contributed by atoms with Crippen LogP contribution in [0.3, 0.4) is 0 Å². The number of rotatable bonds is 3. The van der Waals surface area contributed by atoms with E-state index in [1.165, 1.54) is 21.8 Å². The number of aryl methyl sites for hydroxylation is 1. The number of pyridine rings is 2. The average Bonchev–Trinajstić information content (AvgIpc) is 3.18. The van der Waals surface area contributed by atoms with Crippen molar-refractivity contribution in [1.29, 1.82) is 0 Å². The predicted octanol–water partition coefficient (Wildman–Crippen LogP) is 3.33. The fraction of sp³-hybridized carbons (Fsp3) is 0.0345. The SMILES string of the molecule is C[n+]1ccc(C=Cc2ccc3cc(-n4c5ccccc5c5ccccc54)ccc3n2)cc1.[I-]. The molecule has 0 atom stereocenters. The van der Waals surface area contributed by atoms with Gasteiger partial charge in [0.05, 0.1) is 22.2 Å². The zero-order valence-corrected chi connectivity index (χ0v) is 20.3. The van der Waals surface area contributed by atoms with E-state index in [0.717, 1.165) is 27.8 Å². The molecule has 6 aromatic rings. The van der Waals surface area contributed by atoms with Crippen LogP contribution in [0, 0.1) is 0 Å². The van der Waals surface area contributed by atoms with Gasteiger partial charge in [0.25, 0.3) is 0 Å². The molecule has 33 heavy (non-hydrogen) atoms. The lowest BCUT2D eigenvalue weighted by molar-refractivity contribution is -0.671. The van der Waals surface area contributed by atoms with Crippen LogP contribution in [0.15, 0.2) is 103 Å². The molecule has 3 aromatic carbocycles. The summed E-state index contributed by atoms with van der Waals surface area (Å²) in [4.78, 5) is 4.85. The number of fused-ring (bicyclic) bond motifs is 4. The molecule has 160 valence electrons. The molecule has 0 radical (unpaired) electrons. The zero-order chi connectivity index (χ0) is 21.5. The molecule has 0 saturated heterocycles. The highest BCUT2D eigenvalue weighted by molar-refractivity contribution is 6.09. The third kappa shape index (κ3) is 3.91. The Kier molecular flexibility index (Phi) is 5.68. The van der Waals surface area contributed by atoms with Gasteiger partial charge in [-0.05, 0) is 48.0 Å². The van der Waals surface area contributed by atoms with Gasteiger partial charge < -0.3 is 28.5 Å². The van der Waals surface area contributed by atoms with Crippen molar-refractivity contribution in [3.05, 3.63) is 115 Å². The van der Waals surface area contributed by atoms with Gasteiger partial charge in [0, 0.05) is 34.0 Å². The van der Waals surface area contributed by atoms with Crippen LogP contribution in [-0.2, 0) is 7.05 Å². The summed E-state index contributed by atoms with van der Waals surface area (Å²) in [7, 11) is 2.02. The fourth-order valence-corrected chi connectivity index (χ4v) is 4.37. The average molecular weight is 539 g/mol. The second kappa shape index (κ2) is 8.79. The first-order valence-corrected chi connectivity index (χ1v) is 10.8. The minimum atomic E-state index is 0. The highest BCUT2D eigenvalue weighted by atomic mass is 127. The number of aromatic nitrogens is 3. The summed E-state index contributed by atoms with van der Waals surface area (Å²) in [6.45, 7) is 0. The number of nitrogens with zero attached hydrogens (tertiary/aromatic N) is 3. The van der Waals surface area contributed by atoms with Crippen LogP contribution >= 0.6 is 0 Å². The Morgan fingerprint density at radius 2 is 1.39 bits per heavy atom. The monoisotopic (exact) mass is 539 g/mol. The van der Waals surface area contributed by atoms with E-state index in [0.29, 0.717) is 0 Å². The van der Waals surface area contributed by atoms with Gasteiger partial charge in [-0.1, -0.05) is 48.5 Å². The molecule has 0 fully saturated rings. The van der Waals surface area contributed by atoms with Crippen LogP contribution in [0.2, 0.25) is 0 Å². The summed E-state index contributed by atoms with van der Waals surface area (Å²) in [6.07, 6.45) is 8.25. The number of benzene rings is 3. The van der Waals surface area contributed by atoms with Crippen LogP contribution in [0.4, 0.5) is 0 Å². The van der Waals surface area contributed by atoms with Crippen LogP contribution in [-0.4, -0.2) is 9.55 Å². The summed E-state index contributed by atoms with van der Waals surface area (Å²) < 4.78 is 4.37. The Morgan fingerprint density at radius 3 is 2.09 bits per heavy atom. The van der Waals surface area contributed by atoms with E-state index >= 15 is 0 Å². The topological polar surface area (TPSA) is 21.7 Å². The van der Waals surface area contributed by atoms with E-state index in [-0.39, 0.29) is 24.0 Å². The Bertz CT molecular complexity index is 1580. The molecular formula is C29H22IN3.